The Kier molecular flexibility index (Phi) is 8.82. The quantitative estimate of drug-likeness (QED) is 0.275. The maximum absolute atomic E-state index is 12.7. The molecule has 4 N–H and O–H groups in total. The molecule has 0 radical (unpaired) electrons. The third-order valence-electron chi connectivity index (χ3n) is 5.82. The lowest BCUT2D eigenvalue weighted by molar-refractivity contribution is -0.161. The van der Waals surface area contributed by atoms with Crippen LogP contribution in [0.3, 0.4) is 0 Å². The number of carbonyl (C=O) groups excluding carboxylic acids is 2. The van der Waals surface area contributed by atoms with Gasteiger partial charge in [-0.05, 0) is 56.9 Å². The van der Waals surface area contributed by atoms with E-state index in [0.29, 0.717) is 53.3 Å². The van der Waals surface area contributed by atoms with Crippen molar-refractivity contribution in [2.75, 3.05) is 13.3 Å². The molecule has 0 spiro atoms. The van der Waals surface area contributed by atoms with Gasteiger partial charge in [-0.3, -0.25) is 14.4 Å². The highest BCUT2D eigenvalue weighted by Crippen LogP contribution is 2.28. The zero-order chi connectivity index (χ0) is 26.3. The number of ether oxygens (including phenoxy) is 2. The molecule has 1 aromatic heterocycles. The Morgan fingerprint density at radius 1 is 1.11 bits per heavy atom. The van der Waals surface area contributed by atoms with Crippen LogP contribution in [-0.2, 0) is 14.3 Å². The van der Waals surface area contributed by atoms with Gasteiger partial charge < -0.3 is 25.5 Å². The van der Waals surface area contributed by atoms with Crippen molar-refractivity contribution in [3.05, 3.63) is 58.9 Å². The molecule has 192 valence electrons. The Bertz CT molecular complexity index is 1270. The highest BCUT2D eigenvalue weighted by Gasteiger charge is 2.29. The summed E-state index contributed by atoms with van der Waals surface area (Å²) in [6.45, 7) is 7.48. The molecule has 1 amide bonds. The van der Waals surface area contributed by atoms with Gasteiger partial charge in [-0.25, -0.2) is 4.98 Å². The molecule has 0 aliphatic carbocycles. The van der Waals surface area contributed by atoms with E-state index in [1.165, 1.54) is 0 Å². The number of nitrogens with two attached hydrogens (primary N) is 1. The molecule has 0 bridgehead atoms. The number of fused-ring (bicyclic) bond motifs is 1. The van der Waals surface area contributed by atoms with Gasteiger partial charge in [0.05, 0.1) is 27.9 Å². The zero-order valence-corrected chi connectivity index (χ0v) is 21.2. The van der Waals surface area contributed by atoms with Crippen LogP contribution < -0.4 is 21.3 Å². The van der Waals surface area contributed by atoms with E-state index < -0.39 is 17.4 Å². The van der Waals surface area contributed by atoms with E-state index in [-0.39, 0.29) is 18.3 Å². The van der Waals surface area contributed by atoms with Crippen LogP contribution in [0, 0.1) is 11.3 Å². The van der Waals surface area contributed by atoms with E-state index in [9.17, 15) is 14.4 Å². The number of aromatic nitrogens is 2. The van der Waals surface area contributed by atoms with Crippen molar-refractivity contribution in [2.45, 2.75) is 46.6 Å². The number of H-pyrrole nitrogens is 1. The molecule has 9 heteroatoms. The fraction of sp³-hybridized carbons (Fsp3) is 0.407. The lowest BCUT2D eigenvalue weighted by atomic mass is 9.89. The van der Waals surface area contributed by atoms with Crippen LogP contribution in [0.15, 0.2) is 53.3 Å². The normalized spacial score (nSPS) is 12.4. The second-order valence-corrected chi connectivity index (χ2v) is 9.78. The first-order chi connectivity index (χ1) is 17.1. The number of amides is 1. The fourth-order valence-corrected chi connectivity index (χ4v) is 3.69. The Hall–Kier alpha value is -3.72. The summed E-state index contributed by atoms with van der Waals surface area (Å²) in [5.74, 6) is 0.394. The van der Waals surface area contributed by atoms with Crippen LogP contribution in [-0.4, -0.2) is 41.2 Å². The molecule has 0 aliphatic heterocycles. The number of benzene rings is 2. The molecule has 0 aliphatic rings. The average molecular weight is 495 g/mol. The summed E-state index contributed by atoms with van der Waals surface area (Å²) in [4.78, 5) is 44.6. The minimum absolute atomic E-state index is 0.229. The largest absolute Gasteiger partial charge is 0.457 e. The van der Waals surface area contributed by atoms with Gasteiger partial charge in [-0.15, -0.1) is 0 Å². The van der Waals surface area contributed by atoms with E-state index in [1.54, 1.807) is 56.3 Å². The summed E-state index contributed by atoms with van der Waals surface area (Å²) >= 11 is 0. The minimum atomic E-state index is -0.844. The molecule has 0 saturated heterocycles. The van der Waals surface area contributed by atoms with Crippen LogP contribution in [0.25, 0.3) is 22.3 Å². The van der Waals surface area contributed by atoms with Crippen LogP contribution in [0.4, 0.5) is 0 Å². The van der Waals surface area contributed by atoms with Crippen LogP contribution >= 0.6 is 0 Å². The van der Waals surface area contributed by atoms with E-state index in [1.807, 2.05) is 19.9 Å². The number of nitrogens with one attached hydrogen (secondary N) is 2. The molecule has 3 rings (SSSR count). The Morgan fingerprint density at radius 3 is 2.56 bits per heavy atom. The third kappa shape index (κ3) is 6.91. The standard InChI is InChI=1S/C27H34N4O5/c1-17(2)15-20(28)25(33)29-14-13-27(3,4)26(34)36-16-35-22-12-8-6-10-19(22)23-30-21-11-7-5-9-18(21)24(32)31-23/h5-12,17,20H,13-16,28H2,1-4H3,(H,29,33)(H,30,31,32)/t20-/m0/s1. The van der Waals surface area contributed by atoms with Crippen molar-refractivity contribution in [2.24, 2.45) is 17.1 Å². The predicted molar refractivity (Wildman–Crippen MR) is 138 cm³/mol. The number of hydrogen-bond acceptors (Lipinski definition) is 7. The molecule has 0 fully saturated rings. The van der Waals surface area contributed by atoms with Crippen molar-refractivity contribution in [1.82, 2.24) is 15.3 Å². The Labute approximate surface area is 210 Å². The van der Waals surface area contributed by atoms with E-state index >= 15 is 0 Å². The summed E-state index contributed by atoms with van der Waals surface area (Å²) in [6, 6.07) is 13.5. The van der Waals surface area contributed by atoms with Gasteiger partial charge in [-0.2, -0.15) is 0 Å². The molecular formula is C27H34N4O5. The average Bonchev–Trinajstić information content (AvgIpc) is 2.83. The molecular weight excluding hydrogens is 460 g/mol. The number of esters is 1. The number of aromatic amines is 1. The number of carbonyl (C=O) groups is 2. The molecule has 1 atom stereocenters. The van der Waals surface area contributed by atoms with Crippen LogP contribution in [0.5, 0.6) is 5.75 Å². The van der Waals surface area contributed by atoms with Gasteiger partial charge >= 0.3 is 5.97 Å². The van der Waals surface area contributed by atoms with Gasteiger partial charge in [-0.1, -0.05) is 38.1 Å². The van der Waals surface area contributed by atoms with Crippen molar-refractivity contribution in [1.29, 1.82) is 0 Å². The third-order valence-corrected chi connectivity index (χ3v) is 5.82. The predicted octanol–water partition coefficient (Wildman–Crippen LogP) is 3.38. The van der Waals surface area contributed by atoms with Gasteiger partial charge in [0.15, 0.2) is 0 Å². The monoisotopic (exact) mass is 494 g/mol. The van der Waals surface area contributed by atoms with Crippen molar-refractivity contribution < 1.29 is 19.1 Å². The summed E-state index contributed by atoms with van der Waals surface area (Å²) in [7, 11) is 0. The highest BCUT2D eigenvalue weighted by molar-refractivity contribution is 5.82. The molecule has 1 heterocycles. The van der Waals surface area contributed by atoms with Gasteiger partial charge in [0.25, 0.3) is 5.56 Å². The molecule has 0 saturated carbocycles. The molecule has 9 nitrogen and oxygen atoms in total. The number of rotatable bonds is 11. The van der Waals surface area contributed by atoms with Crippen molar-refractivity contribution >= 4 is 22.8 Å². The van der Waals surface area contributed by atoms with E-state index in [4.69, 9.17) is 15.2 Å². The highest BCUT2D eigenvalue weighted by atomic mass is 16.7. The molecule has 36 heavy (non-hydrogen) atoms. The zero-order valence-electron chi connectivity index (χ0n) is 21.2. The van der Waals surface area contributed by atoms with Gasteiger partial charge in [0.2, 0.25) is 12.7 Å². The smallest absolute Gasteiger partial charge is 0.314 e. The summed E-state index contributed by atoms with van der Waals surface area (Å²) in [5.41, 5.74) is 5.93. The van der Waals surface area contributed by atoms with Gasteiger partial charge in [0, 0.05) is 6.54 Å². The maximum Gasteiger partial charge on any atom is 0.314 e. The van der Waals surface area contributed by atoms with E-state index in [2.05, 4.69) is 15.3 Å². The molecule has 3 aromatic rings. The summed E-state index contributed by atoms with van der Waals surface area (Å²) in [6.07, 6.45) is 0.976. The number of para-hydroxylation sites is 2. The molecule has 0 unspecified atom stereocenters. The number of nitrogens with zero attached hydrogens (tertiary/aromatic N) is 1. The number of hydrogen-bond donors (Lipinski definition) is 3. The Balaban J connectivity index is 1.58. The fourth-order valence-electron chi connectivity index (χ4n) is 3.69. The lowest BCUT2D eigenvalue weighted by Gasteiger charge is -2.23. The summed E-state index contributed by atoms with van der Waals surface area (Å²) in [5, 5.41) is 3.28. The lowest BCUT2D eigenvalue weighted by Crippen LogP contribution is -2.43. The summed E-state index contributed by atoms with van der Waals surface area (Å²) < 4.78 is 11.1. The Morgan fingerprint density at radius 2 is 1.81 bits per heavy atom. The van der Waals surface area contributed by atoms with Gasteiger partial charge in [0.1, 0.15) is 11.6 Å². The first-order valence-corrected chi connectivity index (χ1v) is 12.0. The molecule has 2 aromatic carbocycles. The van der Waals surface area contributed by atoms with Crippen molar-refractivity contribution in [3.63, 3.8) is 0 Å². The second-order valence-electron chi connectivity index (χ2n) is 9.78. The first-order valence-electron chi connectivity index (χ1n) is 12.0. The van der Waals surface area contributed by atoms with Crippen molar-refractivity contribution in [3.8, 4) is 17.1 Å². The SMILES string of the molecule is CC(C)C[C@H](N)C(=O)NCCC(C)(C)C(=O)OCOc1ccccc1-c1nc2ccccc2c(=O)[nH]1. The topological polar surface area (TPSA) is 136 Å². The first kappa shape index (κ1) is 26.9. The van der Waals surface area contributed by atoms with Crippen LogP contribution in [0.2, 0.25) is 0 Å². The van der Waals surface area contributed by atoms with E-state index in [0.717, 1.165) is 0 Å². The maximum atomic E-state index is 12.7. The minimum Gasteiger partial charge on any atom is -0.457 e. The van der Waals surface area contributed by atoms with Crippen LogP contribution in [0.1, 0.15) is 40.5 Å². The second kappa shape index (κ2) is 11.8.